The van der Waals surface area contributed by atoms with Gasteiger partial charge in [-0.25, -0.2) is 4.79 Å². The van der Waals surface area contributed by atoms with Crippen LogP contribution in [0.4, 0.5) is 0 Å². The van der Waals surface area contributed by atoms with Crippen LogP contribution in [0.15, 0.2) is 11.8 Å². The van der Waals surface area contributed by atoms with Crippen LogP contribution in [0, 0.1) is 0 Å². The van der Waals surface area contributed by atoms with Crippen molar-refractivity contribution in [1.82, 2.24) is 4.90 Å². The van der Waals surface area contributed by atoms with Crippen LogP contribution in [0.3, 0.4) is 0 Å². The average molecular weight is 157 g/mol. The van der Waals surface area contributed by atoms with Crippen molar-refractivity contribution in [2.45, 2.75) is 0 Å². The lowest BCUT2D eigenvalue weighted by Gasteiger charge is -2.05. The van der Waals surface area contributed by atoms with Gasteiger partial charge in [-0.05, 0) is 0 Å². The minimum Gasteiger partial charge on any atom is -0.465 e. The standard InChI is InChI=1S/C7H11NO3/c1-8(2)4-6(5-9)7(10)11-3/h4-5H,1-3H3. The van der Waals surface area contributed by atoms with Gasteiger partial charge in [0.2, 0.25) is 0 Å². The number of rotatable bonds is 3. The molecule has 0 heterocycles. The number of carbonyl (C=O) groups is 2. The Morgan fingerprint density at radius 1 is 1.45 bits per heavy atom. The van der Waals surface area contributed by atoms with Crippen molar-refractivity contribution >= 4 is 12.3 Å². The first kappa shape index (κ1) is 9.68. The van der Waals surface area contributed by atoms with Gasteiger partial charge in [-0.1, -0.05) is 0 Å². The Balaban J connectivity index is 4.39. The fraction of sp³-hybridized carbons (Fsp3) is 0.429. The van der Waals surface area contributed by atoms with E-state index in [1.54, 1.807) is 19.0 Å². The SMILES string of the molecule is COC(=O)C(C=O)=CN(C)C. The van der Waals surface area contributed by atoms with E-state index in [0.717, 1.165) is 0 Å². The molecule has 0 spiro atoms. The van der Waals surface area contributed by atoms with Gasteiger partial charge in [-0.2, -0.15) is 0 Å². The lowest BCUT2D eigenvalue weighted by molar-refractivity contribution is -0.136. The Morgan fingerprint density at radius 2 is 2.00 bits per heavy atom. The van der Waals surface area contributed by atoms with E-state index in [0.29, 0.717) is 6.29 Å². The maximum atomic E-state index is 10.7. The Morgan fingerprint density at radius 3 is 2.27 bits per heavy atom. The highest BCUT2D eigenvalue weighted by molar-refractivity contribution is 6.07. The summed E-state index contributed by atoms with van der Waals surface area (Å²) >= 11 is 0. The first-order chi connectivity index (χ1) is 5.11. The van der Waals surface area contributed by atoms with E-state index in [1.807, 2.05) is 0 Å². The number of carbonyl (C=O) groups excluding carboxylic acids is 2. The smallest absolute Gasteiger partial charge is 0.342 e. The highest BCUT2D eigenvalue weighted by Crippen LogP contribution is 1.93. The molecule has 0 aromatic heterocycles. The molecule has 0 saturated carbocycles. The van der Waals surface area contributed by atoms with E-state index in [4.69, 9.17) is 0 Å². The van der Waals surface area contributed by atoms with Gasteiger partial charge in [0.25, 0.3) is 0 Å². The number of hydrogen-bond acceptors (Lipinski definition) is 4. The largest absolute Gasteiger partial charge is 0.465 e. The molecule has 11 heavy (non-hydrogen) atoms. The first-order valence-corrected chi connectivity index (χ1v) is 3.03. The van der Waals surface area contributed by atoms with Gasteiger partial charge in [0.15, 0.2) is 6.29 Å². The van der Waals surface area contributed by atoms with Crippen LogP contribution in [0.2, 0.25) is 0 Å². The van der Waals surface area contributed by atoms with Gasteiger partial charge in [-0.15, -0.1) is 0 Å². The van der Waals surface area contributed by atoms with E-state index >= 15 is 0 Å². The average Bonchev–Trinajstić information content (AvgIpc) is 1.98. The lowest BCUT2D eigenvalue weighted by atomic mass is 10.3. The Hall–Kier alpha value is -1.32. The van der Waals surface area contributed by atoms with Crippen LogP contribution in [-0.4, -0.2) is 38.4 Å². The molecule has 0 aliphatic heterocycles. The summed E-state index contributed by atoms with van der Waals surface area (Å²) in [4.78, 5) is 22.6. The van der Waals surface area contributed by atoms with Crippen molar-refractivity contribution in [3.8, 4) is 0 Å². The van der Waals surface area contributed by atoms with Gasteiger partial charge in [0.1, 0.15) is 5.57 Å². The molecule has 4 nitrogen and oxygen atoms in total. The molecule has 0 aliphatic rings. The first-order valence-electron chi connectivity index (χ1n) is 3.03. The molecule has 0 aromatic carbocycles. The third kappa shape index (κ3) is 3.40. The van der Waals surface area contributed by atoms with Gasteiger partial charge in [-0.3, -0.25) is 4.79 Å². The predicted molar refractivity (Wildman–Crippen MR) is 39.9 cm³/mol. The summed E-state index contributed by atoms with van der Waals surface area (Å²) in [5, 5.41) is 0. The summed E-state index contributed by atoms with van der Waals surface area (Å²) in [7, 11) is 4.66. The van der Waals surface area contributed by atoms with Gasteiger partial charge < -0.3 is 9.64 Å². The minimum absolute atomic E-state index is 0.0116. The molecular formula is C7H11NO3. The quantitative estimate of drug-likeness (QED) is 0.187. The summed E-state index contributed by atoms with van der Waals surface area (Å²) in [5.41, 5.74) is 0.0116. The molecule has 0 saturated heterocycles. The molecule has 0 bridgehead atoms. The van der Waals surface area contributed by atoms with Gasteiger partial charge in [0, 0.05) is 20.3 Å². The molecule has 4 heteroatoms. The Labute approximate surface area is 65.4 Å². The zero-order valence-corrected chi connectivity index (χ0v) is 6.83. The molecule has 0 fully saturated rings. The van der Waals surface area contributed by atoms with Crippen LogP contribution >= 0.6 is 0 Å². The highest BCUT2D eigenvalue weighted by Gasteiger charge is 2.07. The maximum absolute atomic E-state index is 10.7. The zero-order chi connectivity index (χ0) is 8.85. The second-order valence-electron chi connectivity index (χ2n) is 2.16. The maximum Gasteiger partial charge on any atom is 0.342 e. The third-order valence-electron chi connectivity index (χ3n) is 0.945. The predicted octanol–water partition coefficient (Wildman–Crippen LogP) is -0.196. The third-order valence-corrected chi connectivity index (χ3v) is 0.945. The normalized spacial score (nSPS) is 10.6. The summed E-state index contributed by atoms with van der Waals surface area (Å²) in [5.74, 6) is -0.617. The highest BCUT2D eigenvalue weighted by atomic mass is 16.5. The number of esters is 1. The molecule has 0 radical (unpaired) electrons. The van der Waals surface area contributed by atoms with Gasteiger partial charge in [0.05, 0.1) is 7.11 Å². The molecule has 62 valence electrons. The van der Waals surface area contributed by atoms with Crippen molar-refractivity contribution in [1.29, 1.82) is 0 Å². The lowest BCUT2D eigenvalue weighted by Crippen LogP contribution is -2.11. The monoisotopic (exact) mass is 157 g/mol. The Kier molecular flexibility index (Phi) is 3.95. The van der Waals surface area contributed by atoms with E-state index in [9.17, 15) is 9.59 Å². The van der Waals surface area contributed by atoms with Crippen LogP contribution in [0.25, 0.3) is 0 Å². The summed E-state index contributed by atoms with van der Waals surface area (Å²) in [6.07, 6.45) is 1.87. The summed E-state index contributed by atoms with van der Waals surface area (Å²) < 4.78 is 4.34. The van der Waals surface area contributed by atoms with Crippen LogP contribution in [0.5, 0.6) is 0 Å². The van der Waals surface area contributed by atoms with Gasteiger partial charge >= 0.3 is 5.97 Å². The number of ether oxygens (including phenoxy) is 1. The molecule has 0 N–H and O–H groups in total. The minimum atomic E-state index is -0.617. The molecule has 0 unspecified atom stereocenters. The Bertz CT molecular complexity index is 184. The summed E-state index contributed by atoms with van der Waals surface area (Å²) in [6.45, 7) is 0. The van der Waals surface area contributed by atoms with Crippen molar-refractivity contribution < 1.29 is 14.3 Å². The fourth-order valence-electron chi connectivity index (χ4n) is 0.527. The van der Waals surface area contributed by atoms with E-state index in [-0.39, 0.29) is 5.57 Å². The van der Waals surface area contributed by atoms with E-state index < -0.39 is 5.97 Å². The molecule has 0 rings (SSSR count). The topological polar surface area (TPSA) is 46.6 Å². The molecular weight excluding hydrogens is 146 g/mol. The van der Waals surface area contributed by atoms with Crippen molar-refractivity contribution in [2.75, 3.05) is 21.2 Å². The van der Waals surface area contributed by atoms with Crippen molar-refractivity contribution in [3.05, 3.63) is 11.8 Å². The molecule has 0 amide bonds. The fourth-order valence-corrected chi connectivity index (χ4v) is 0.527. The second-order valence-corrected chi connectivity index (χ2v) is 2.16. The number of aldehydes is 1. The van der Waals surface area contributed by atoms with E-state index in [1.165, 1.54) is 13.3 Å². The molecule has 0 aromatic rings. The summed E-state index contributed by atoms with van der Waals surface area (Å²) in [6, 6.07) is 0. The van der Waals surface area contributed by atoms with Crippen molar-refractivity contribution in [2.24, 2.45) is 0 Å². The molecule has 0 atom stereocenters. The van der Waals surface area contributed by atoms with Crippen LogP contribution < -0.4 is 0 Å². The number of methoxy groups -OCH3 is 1. The van der Waals surface area contributed by atoms with Crippen LogP contribution in [-0.2, 0) is 14.3 Å². The number of hydrogen-bond donors (Lipinski definition) is 0. The zero-order valence-electron chi connectivity index (χ0n) is 6.83. The van der Waals surface area contributed by atoms with Crippen molar-refractivity contribution in [3.63, 3.8) is 0 Å². The van der Waals surface area contributed by atoms with E-state index in [2.05, 4.69) is 4.74 Å². The number of nitrogens with zero attached hydrogens (tertiary/aromatic N) is 1. The molecule has 0 aliphatic carbocycles. The van der Waals surface area contributed by atoms with Crippen LogP contribution in [0.1, 0.15) is 0 Å². The second kappa shape index (κ2) is 4.49.